The lowest BCUT2D eigenvalue weighted by molar-refractivity contribution is 0.400. The Kier molecular flexibility index (Phi) is 4.96. The summed E-state index contributed by atoms with van der Waals surface area (Å²) < 4.78 is 5.42. The van der Waals surface area contributed by atoms with Gasteiger partial charge in [0.25, 0.3) is 0 Å². The lowest BCUT2D eigenvalue weighted by Crippen LogP contribution is -2.28. The van der Waals surface area contributed by atoms with Crippen LogP contribution in [0.5, 0.6) is 0 Å². The Morgan fingerprint density at radius 1 is 1.45 bits per heavy atom. The van der Waals surface area contributed by atoms with Crippen LogP contribution in [0.2, 0.25) is 19.1 Å². The van der Waals surface area contributed by atoms with Crippen LogP contribution in [0.1, 0.15) is 19.8 Å². The molecule has 0 fully saturated rings. The fourth-order valence-electron chi connectivity index (χ4n) is 0.952. The highest BCUT2D eigenvalue weighted by molar-refractivity contribution is 6.71. The zero-order chi connectivity index (χ0) is 8.91. The quantitative estimate of drug-likeness (QED) is 0.648. The van der Waals surface area contributed by atoms with E-state index in [1.807, 2.05) is 7.11 Å². The van der Waals surface area contributed by atoms with Gasteiger partial charge in [0.2, 0.25) is 0 Å². The Hall–Kier alpha value is 0.137. The topological polar surface area (TPSA) is 35.2 Å². The summed E-state index contributed by atoms with van der Waals surface area (Å²) in [6, 6.07) is 1.57. The van der Waals surface area contributed by atoms with Crippen LogP contribution < -0.4 is 5.73 Å². The SMILES string of the molecule is CO[Si](C)(C)CCCC(C)N. The van der Waals surface area contributed by atoms with Gasteiger partial charge in [-0.2, -0.15) is 0 Å². The van der Waals surface area contributed by atoms with E-state index in [0.29, 0.717) is 6.04 Å². The van der Waals surface area contributed by atoms with Crippen LogP contribution in [0.25, 0.3) is 0 Å². The first-order valence-electron chi connectivity index (χ1n) is 4.28. The maximum Gasteiger partial charge on any atom is 0.186 e. The molecule has 0 spiro atoms. The molecule has 0 saturated carbocycles. The Bertz CT molecular complexity index is 104. The third kappa shape index (κ3) is 6.53. The number of rotatable bonds is 5. The number of hydrogen-bond acceptors (Lipinski definition) is 2. The Labute approximate surface area is 71.3 Å². The molecule has 0 rings (SSSR count). The van der Waals surface area contributed by atoms with Crippen molar-refractivity contribution in [3.8, 4) is 0 Å². The minimum atomic E-state index is -1.30. The molecule has 3 heteroatoms. The molecule has 0 saturated heterocycles. The zero-order valence-corrected chi connectivity index (χ0v) is 9.18. The summed E-state index contributed by atoms with van der Waals surface area (Å²) in [6.07, 6.45) is 2.34. The minimum absolute atomic E-state index is 0.344. The summed E-state index contributed by atoms with van der Waals surface area (Å²) in [4.78, 5) is 0. The predicted octanol–water partition coefficient (Wildman–Crippen LogP) is 1.97. The summed E-state index contributed by atoms with van der Waals surface area (Å²) in [5, 5.41) is 0. The van der Waals surface area contributed by atoms with Gasteiger partial charge in [-0.25, -0.2) is 0 Å². The lowest BCUT2D eigenvalue weighted by atomic mass is 10.2. The second kappa shape index (κ2) is 4.90. The highest BCUT2D eigenvalue weighted by Crippen LogP contribution is 2.14. The summed E-state index contributed by atoms with van der Waals surface area (Å²) in [6.45, 7) is 6.55. The highest BCUT2D eigenvalue weighted by Gasteiger charge is 2.19. The van der Waals surface area contributed by atoms with Crippen molar-refractivity contribution in [3.63, 3.8) is 0 Å². The standard InChI is InChI=1S/C8H21NOSi/c1-8(9)6-5-7-11(3,4)10-2/h8H,5-7,9H2,1-4H3. The molecule has 68 valence electrons. The lowest BCUT2D eigenvalue weighted by Gasteiger charge is -2.19. The van der Waals surface area contributed by atoms with Gasteiger partial charge >= 0.3 is 0 Å². The Balaban J connectivity index is 3.38. The summed E-state index contributed by atoms with van der Waals surface area (Å²) in [5.41, 5.74) is 5.64. The first-order valence-corrected chi connectivity index (χ1v) is 7.40. The summed E-state index contributed by atoms with van der Waals surface area (Å²) in [5.74, 6) is 0. The molecule has 0 amide bonds. The van der Waals surface area contributed by atoms with Crippen LogP contribution in [-0.2, 0) is 4.43 Å². The van der Waals surface area contributed by atoms with Crippen LogP contribution >= 0.6 is 0 Å². The van der Waals surface area contributed by atoms with Gasteiger partial charge in [-0.3, -0.25) is 0 Å². The average Bonchev–Trinajstić information content (AvgIpc) is 1.87. The smallest absolute Gasteiger partial charge is 0.186 e. The van der Waals surface area contributed by atoms with Crippen molar-refractivity contribution in [1.82, 2.24) is 0 Å². The van der Waals surface area contributed by atoms with E-state index in [2.05, 4.69) is 20.0 Å². The van der Waals surface area contributed by atoms with E-state index in [0.717, 1.165) is 6.42 Å². The molecule has 0 aromatic carbocycles. The molecule has 1 atom stereocenters. The summed E-state index contributed by atoms with van der Waals surface area (Å²) in [7, 11) is 0.518. The van der Waals surface area contributed by atoms with Crippen LogP contribution in [0.15, 0.2) is 0 Å². The average molecular weight is 175 g/mol. The molecule has 1 unspecified atom stereocenters. The van der Waals surface area contributed by atoms with Crippen molar-refractivity contribution >= 4 is 8.32 Å². The third-order valence-corrected chi connectivity index (χ3v) is 4.65. The second-order valence-corrected chi connectivity index (χ2v) is 8.26. The van der Waals surface area contributed by atoms with Crippen LogP contribution in [0, 0.1) is 0 Å². The van der Waals surface area contributed by atoms with E-state index < -0.39 is 8.32 Å². The molecule has 2 N–H and O–H groups in total. The molecule has 0 heterocycles. The Morgan fingerprint density at radius 2 is 2.00 bits per heavy atom. The van der Waals surface area contributed by atoms with E-state index in [4.69, 9.17) is 10.2 Å². The second-order valence-electron chi connectivity index (χ2n) is 3.83. The first kappa shape index (κ1) is 11.1. The Morgan fingerprint density at radius 3 is 2.36 bits per heavy atom. The number of nitrogens with two attached hydrogens (primary N) is 1. The van der Waals surface area contributed by atoms with Crippen LogP contribution in [0.4, 0.5) is 0 Å². The zero-order valence-electron chi connectivity index (χ0n) is 8.18. The normalized spacial score (nSPS) is 15.0. The molecular weight excluding hydrogens is 154 g/mol. The molecule has 11 heavy (non-hydrogen) atoms. The number of hydrogen-bond donors (Lipinski definition) is 1. The van der Waals surface area contributed by atoms with Gasteiger partial charge in [-0.1, -0.05) is 6.42 Å². The van der Waals surface area contributed by atoms with Gasteiger partial charge in [0.05, 0.1) is 0 Å². The molecule has 2 nitrogen and oxygen atoms in total. The van der Waals surface area contributed by atoms with E-state index in [9.17, 15) is 0 Å². The largest absolute Gasteiger partial charge is 0.420 e. The van der Waals surface area contributed by atoms with Crippen molar-refractivity contribution in [1.29, 1.82) is 0 Å². The van der Waals surface area contributed by atoms with Gasteiger partial charge < -0.3 is 10.2 Å². The molecule has 0 aliphatic carbocycles. The van der Waals surface area contributed by atoms with E-state index in [1.165, 1.54) is 12.5 Å². The third-order valence-electron chi connectivity index (χ3n) is 1.99. The van der Waals surface area contributed by atoms with Crippen molar-refractivity contribution in [3.05, 3.63) is 0 Å². The minimum Gasteiger partial charge on any atom is -0.420 e. The van der Waals surface area contributed by atoms with Crippen molar-refractivity contribution in [2.24, 2.45) is 5.73 Å². The monoisotopic (exact) mass is 175 g/mol. The van der Waals surface area contributed by atoms with Crippen LogP contribution in [-0.4, -0.2) is 21.5 Å². The van der Waals surface area contributed by atoms with Crippen molar-refractivity contribution in [2.75, 3.05) is 7.11 Å². The fraction of sp³-hybridized carbons (Fsp3) is 1.00. The molecule has 0 aromatic heterocycles. The maximum absolute atomic E-state index is 5.64. The van der Waals surface area contributed by atoms with E-state index >= 15 is 0 Å². The maximum atomic E-state index is 5.64. The highest BCUT2D eigenvalue weighted by atomic mass is 28.4. The summed E-state index contributed by atoms with van der Waals surface area (Å²) >= 11 is 0. The molecule has 0 radical (unpaired) electrons. The van der Waals surface area contributed by atoms with E-state index in [1.54, 1.807) is 0 Å². The fourth-order valence-corrected chi connectivity index (χ4v) is 2.21. The molecule has 0 aliphatic rings. The van der Waals surface area contributed by atoms with Crippen LogP contribution in [0.3, 0.4) is 0 Å². The van der Waals surface area contributed by atoms with E-state index in [-0.39, 0.29) is 0 Å². The molecular formula is C8H21NOSi. The van der Waals surface area contributed by atoms with Gasteiger partial charge in [0.15, 0.2) is 8.32 Å². The van der Waals surface area contributed by atoms with Crippen molar-refractivity contribution < 1.29 is 4.43 Å². The molecule has 0 aliphatic heterocycles. The van der Waals surface area contributed by atoms with Gasteiger partial charge in [-0.05, 0) is 32.5 Å². The molecule has 0 aromatic rings. The molecule has 0 bridgehead atoms. The van der Waals surface area contributed by atoms with Gasteiger partial charge in [0, 0.05) is 13.2 Å². The predicted molar refractivity (Wildman–Crippen MR) is 52.2 cm³/mol. The van der Waals surface area contributed by atoms with Gasteiger partial charge in [-0.15, -0.1) is 0 Å². The van der Waals surface area contributed by atoms with Gasteiger partial charge in [0.1, 0.15) is 0 Å². The first-order chi connectivity index (χ1) is 4.98. The van der Waals surface area contributed by atoms with Crippen molar-refractivity contribution in [2.45, 2.75) is 44.9 Å².